The van der Waals surface area contributed by atoms with Crippen LogP contribution >= 0.6 is 0 Å². The Morgan fingerprint density at radius 2 is 2.13 bits per heavy atom. The number of β-amino-alcohol motifs (C(OH)–C–C–N with tert-alkyl or cyclic N) is 1. The highest BCUT2D eigenvalue weighted by molar-refractivity contribution is 5.76. The number of ether oxygens (including phenoxy) is 4. The molecule has 1 aromatic carbocycles. The van der Waals surface area contributed by atoms with Crippen LogP contribution in [0, 0.1) is 0 Å². The maximum Gasteiger partial charge on any atom is 0.317 e. The van der Waals surface area contributed by atoms with Gasteiger partial charge in [0.1, 0.15) is 31.2 Å². The molecule has 166 valence electrons. The lowest BCUT2D eigenvalue weighted by molar-refractivity contribution is -0.158. The minimum absolute atomic E-state index is 0.0964. The van der Waals surface area contributed by atoms with E-state index in [-0.39, 0.29) is 44.3 Å². The Kier molecular flexibility index (Phi) is 7.52. The van der Waals surface area contributed by atoms with E-state index in [0.29, 0.717) is 31.9 Å². The largest absolute Gasteiger partial charge is 0.491 e. The number of hydrogen-bond donors (Lipinski definition) is 2. The molecule has 2 amide bonds. The quantitative estimate of drug-likeness (QED) is 0.544. The summed E-state index contributed by atoms with van der Waals surface area (Å²) in [5, 5.41) is 12.7. The molecule has 2 fully saturated rings. The zero-order valence-electron chi connectivity index (χ0n) is 17.5. The summed E-state index contributed by atoms with van der Waals surface area (Å²) >= 11 is 0. The second-order valence-electron chi connectivity index (χ2n) is 7.92. The average Bonchev–Trinajstić information content (AvgIpc) is 3.28. The van der Waals surface area contributed by atoms with Crippen molar-refractivity contribution in [3.63, 3.8) is 0 Å². The van der Waals surface area contributed by atoms with Crippen molar-refractivity contribution in [3.05, 3.63) is 29.8 Å². The number of nitrogens with one attached hydrogen (secondary N) is 1. The molecule has 0 radical (unpaired) electrons. The van der Waals surface area contributed by atoms with Crippen LogP contribution in [0.2, 0.25) is 0 Å². The topological polar surface area (TPSA) is 107 Å². The number of rotatable bonds is 10. The van der Waals surface area contributed by atoms with Crippen molar-refractivity contribution < 1.29 is 33.6 Å². The van der Waals surface area contributed by atoms with Gasteiger partial charge in [-0.2, -0.15) is 0 Å². The first kappa shape index (κ1) is 22.3. The Hall–Kier alpha value is -2.36. The first-order valence-electron chi connectivity index (χ1n) is 10.2. The number of aryl methyl sites for hydroxylation is 1. The van der Waals surface area contributed by atoms with E-state index in [1.165, 1.54) is 0 Å². The van der Waals surface area contributed by atoms with Gasteiger partial charge in [-0.15, -0.1) is 0 Å². The molecule has 0 aromatic heterocycles. The predicted molar refractivity (Wildman–Crippen MR) is 107 cm³/mol. The number of benzene rings is 1. The first-order chi connectivity index (χ1) is 14.3. The average molecular weight is 422 g/mol. The van der Waals surface area contributed by atoms with Gasteiger partial charge in [-0.05, 0) is 38.0 Å². The molecule has 0 unspecified atom stereocenters. The summed E-state index contributed by atoms with van der Waals surface area (Å²) in [5.74, 6) is -0.287. The molecule has 2 N–H and O–H groups in total. The van der Waals surface area contributed by atoms with Crippen molar-refractivity contribution in [2.75, 3.05) is 39.5 Å². The molecule has 2 aliphatic heterocycles. The molecule has 9 heteroatoms. The molecule has 3 rings (SSSR count). The van der Waals surface area contributed by atoms with Crippen LogP contribution in [0.3, 0.4) is 0 Å². The molecule has 9 nitrogen and oxygen atoms in total. The van der Waals surface area contributed by atoms with Gasteiger partial charge in [0.15, 0.2) is 5.79 Å². The van der Waals surface area contributed by atoms with Crippen LogP contribution in [-0.4, -0.2) is 79.5 Å². The predicted octanol–water partition coefficient (Wildman–Crippen LogP) is 1.08. The van der Waals surface area contributed by atoms with E-state index in [1.807, 2.05) is 26.0 Å². The fraction of sp³-hybridized carbons (Fsp3) is 0.619. The zero-order chi connectivity index (χ0) is 21.6. The smallest absolute Gasteiger partial charge is 0.317 e. The maximum absolute atomic E-state index is 11.9. The number of hydrogen-bond acceptors (Lipinski definition) is 7. The lowest BCUT2D eigenvalue weighted by atomic mass is 10.1. The highest BCUT2D eigenvalue weighted by Gasteiger charge is 2.33. The lowest BCUT2D eigenvalue weighted by Gasteiger charge is -2.19. The van der Waals surface area contributed by atoms with Crippen LogP contribution in [0.4, 0.5) is 4.79 Å². The van der Waals surface area contributed by atoms with E-state index >= 15 is 0 Å². The third-order valence-electron chi connectivity index (χ3n) is 4.86. The molecule has 30 heavy (non-hydrogen) atoms. The fourth-order valence-corrected chi connectivity index (χ4v) is 3.29. The van der Waals surface area contributed by atoms with Gasteiger partial charge in [0.05, 0.1) is 13.2 Å². The second-order valence-corrected chi connectivity index (χ2v) is 7.92. The third kappa shape index (κ3) is 6.86. The monoisotopic (exact) mass is 422 g/mol. The highest BCUT2D eigenvalue weighted by atomic mass is 16.7. The molecule has 2 aliphatic rings. The van der Waals surface area contributed by atoms with Crippen LogP contribution in [0.5, 0.6) is 5.75 Å². The minimum Gasteiger partial charge on any atom is -0.491 e. The Labute approximate surface area is 176 Å². The molecule has 0 saturated carbocycles. The number of urea groups is 1. The number of esters is 1. The first-order valence-corrected chi connectivity index (χ1v) is 10.2. The molecule has 2 atom stereocenters. The van der Waals surface area contributed by atoms with Crippen molar-refractivity contribution in [2.24, 2.45) is 0 Å². The Morgan fingerprint density at radius 3 is 2.77 bits per heavy atom. The molecule has 0 spiro atoms. The van der Waals surface area contributed by atoms with E-state index in [0.717, 1.165) is 5.56 Å². The van der Waals surface area contributed by atoms with Gasteiger partial charge in [0.2, 0.25) is 0 Å². The van der Waals surface area contributed by atoms with Crippen molar-refractivity contribution in [2.45, 2.75) is 44.7 Å². The summed E-state index contributed by atoms with van der Waals surface area (Å²) in [7, 11) is 0. The SMILES string of the molecule is CC1(C)OC[C@H](COC(=O)CCc2ccc(OC[C@@H](O)CN3CCNC3=O)cc2)O1. The van der Waals surface area contributed by atoms with E-state index < -0.39 is 11.9 Å². The fourth-order valence-electron chi connectivity index (χ4n) is 3.29. The molecule has 2 saturated heterocycles. The number of amides is 2. The Bertz CT molecular complexity index is 723. The lowest BCUT2D eigenvalue weighted by Crippen LogP contribution is -2.37. The summed E-state index contributed by atoms with van der Waals surface area (Å²) < 4.78 is 21.9. The molecule has 0 aliphatic carbocycles. The maximum atomic E-state index is 11.9. The summed E-state index contributed by atoms with van der Waals surface area (Å²) in [6.07, 6.45) is -0.161. The second kappa shape index (κ2) is 10.1. The van der Waals surface area contributed by atoms with Crippen LogP contribution in [0.15, 0.2) is 24.3 Å². The van der Waals surface area contributed by atoms with E-state index in [9.17, 15) is 14.7 Å². The minimum atomic E-state index is -0.761. The molecular weight excluding hydrogens is 392 g/mol. The number of nitrogens with zero attached hydrogens (tertiary/aromatic N) is 1. The van der Waals surface area contributed by atoms with E-state index in [1.54, 1.807) is 17.0 Å². The summed E-state index contributed by atoms with van der Waals surface area (Å²) in [4.78, 5) is 25.0. The Morgan fingerprint density at radius 1 is 1.37 bits per heavy atom. The van der Waals surface area contributed by atoms with Gasteiger partial charge in [0, 0.05) is 19.5 Å². The van der Waals surface area contributed by atoms with Crippen LogP contribution in [-0.2, 0) is 25.4 Å². The van der Waals surface area contributed by atoms with E-state index in [2.05, 4.69) is 5.32 Å². The van der Waals surface area contributed by atoms with Crippen molar-refractivity contribution >= 4 is 12.0 Å². The summed E-state index contributed by atoms with van der Waals surface area (Å²) in [6.45, 7) is 5.79. The standard InChI is InChI=1S/C21H30N2O7/c1-21(2)29-14-18(30-21)13-28-19(25)8-5-15-3-6-17(7-4-15)27-12-16(24)11-23-10-9-22-20(23)26/h3-4,6-7,16,18,24H,5,8-14H2,1-2H3,(H,22,26)/t16-,18-/m0/s1. The normalized spacial score (nSPS) is 21.4. The molecule has 1 aromatic rings. The third-order valence-corrected chi connectivity index (χ3v) is 4.86. The van der Waals surface area contributed by atoms with Crippen LogP contribution in [0.1, 0.15) is 25.8 Å². The van der Waals surface area contributed by atoms with Crippen LogP contribution < -0.4 is 10.1 Å². The van der Waals surface area contributed by atoms with Gasteiger partial charge in [-0.1, -0.05) is 12.1 Å². The van der Waals surface area contributed by atoms with Crippen molar-refractivity contribution in [3.8, 4) is 5.75 Å². The summed E-state index contributed by atoms with van der Waals surface area (Å²) in [6, 6.07) is 7.17. The number of carbonyl (C=O) groups excluding carboxylic acids is 2. The summed E-state index contributed by atoms with van der Waals surface area (Å²) in [5.41, 5.74) is 0.982. The zero-order valence-corrected chi connectivity index (χ0v) is 17.5. The molecular formula is C21H30N2O7. The molecule has 2 heterocycles. The highest BCUT2D eigenvalue weighted by Crippen LogP contribution is 2.22. The Balaban J connectivity index is 1.32. The van der Waals surface area contributed by atoms with E-state index in [4.69, 9.17) is 18.9 Å². The van der Waals surface area contributed by atoms with Crippen LogP contribution in [0.25, 0.3) is 0 Å². The van der Waals surface area contributed by atoms with Gasteiger partial charge in [0.25, 0.3) is 0 Å². The number of aliphatic hydroxyl groups excluding tert-OH is 1. The number of carbonyl (C=O) groups is 2. The van der Waals surface area contributed by atoms with Gasteiger partial charge in [-0.25, -0.2) is 4.79 Å². The van der Waals surface area contributed by atoms with Crippen molar-refractivity contribution in [1.29, 1.82) is 0 Å². The van der Waals surface area contributed by atoms with Gasteiger partial charge in [-0.3, -0.25) is 4.79 Å². The molecule has 0 bridgehead atoms. The van der Waals surface area contributed by atoms with Crippen molar-refractivity contribution in [1.82, 2.24) is 10.2 Å². The number of aliphatic hydroxyl groups is 1. The van der Waals surface area contributed by atoms with Gasteiger partial charge < -0.3 is 34.3 Å². The van der Waals surface area contributed by atoms with Gasteiger partial charge >= 0.3 is 12.0 Å².